The van der Waals surface area contributed by atoms with Gasteiger partial charge >= 0.3 is 8.46 Å². The zero-order chi connectivity index (χ0) is 8.43. The van der Waals surface area contributed by atoms with E-state index in [9.17, 15) is 4.57 Å². The van der Waals surface area contributed by atoms with Crippen LogP contribution < -0.4 is 5.30 Å². The summed E-state index contributed by atoms with van der Waals surface area (Å²) in [6.07, 6.45) is 0. The number of rotatable bonds is 1. The SMILES string of the molecule is O=[PH+]c1ccc(Cl)c(Cl)c1Cl. The molecule has 0 saturated heterocycles. The van der Waals surface area contributed by atoms with E-state index in [1.54, 1.807) is 12.1 Å². The van der Waals surface area contributed by atoms with Crippen LogP contribution in [0.2, 0.25) is 15.1 Å². The Kier molecular flexibility index (Phi) is 3.15. The Bertz CT molecular complexity index is 300. The fourth-order valence-electron chi connectivity index (χ4n) is 0.605. The predicted octanol–water partition coefficient (Wildman–Crippen LogP) is 3.30. The Morgan fingerprint density at radius 3 is 2.27 bits per heavy atom. The minimum Gasteiger partial charge on any atom is -0.0826 e. The summed E-state index contributed by atoms with van der Waals surface area (Å²) >= 11 is 17.0. The molecule has 0 aliphatic heterocycles. The van der Waals surface area contributed by atoms with Crippen LogP contribution in [-0.2, 0) is 4.57 Å². The Morgan fingerprint density at radius 2 is 1.73 bits per heavy atom. The highest BCUT2D eigenvalue weighted by Crippen LogP contribution is 2.29. The van der Waals surface area contributed by atoms with Crippen LogP contribution in [0.5, 0.6) is 0 Å². The van der Waals surface area contributed by atoms with Crippen molar-refractivity contribution in [2.45, 2.75) is 0 Å². The second kappa shape index (κ2) is 3.73. The lowest BCUT2D eigenvalue weighted by molar-refractivity contribution is 0.603. The summed E-state index contributed by atoms with van der Waals surface area (Å²) in [5.41, 5.74) is 0. The van der Waals surface area contributed by atoms with Crippen molar-refractivity contribution in [3.63, 3.8) is 0 Å². The highest BCUT2D eigenvalue weighted by atomic mass is 35.5. The zero-order valence-corrected chi connectivity index (χ0v) is 8.46. The van der Waals surface area contributed by atoms with Gasteiger partial charge in [0.15, 0.2) is 0 Å². The van der Waals surface area contributed by atoms with E-state index >= 15 is 0 Å². The van der Waals surface area contributed by atoms with Gasteiger partial charge in [0.2, 0.25) is 5.30 Å². The van der Waals surface area contributed by atoms with Gasteiger partial charge in [-0.1, -0.05) is 39.4 Å². The highest BCUT2D eigenvalue weighted by molar-refractivity contribution is 7.34. The van der Waals surface area contributed by atoms with Gasteiger partial charge in [-0.2, -0.15) is 0 Å². The molecule has 0 radical (unpaired) electrons. The molecule has 1 aromatic rings. The summed E-state index contributed by atoms with van der Waals surface area (Å²) in [6, 6.07) is 3.15. The third-order valence-electron chi connectivity index (χ3n) is 1.15. The minimum atomic E-state index is -0.603. The van der Waals surface area contributed by atoms with E-state index < -0.39 is 8.46 Å². The second-order valence-electron chi connectivity index (χ2n) is 1.82. The van der Waals surface area contributed by atoms with Gasteiger partial charge in [-0.3, -0.25) is 0 Å². The van der Waals surface area contributed by atoms with Gasteiger partial charge in [-0.15, -0.1) is 0 Å². The topological polar surface area (TPSA) is 17.1 Å². The molecule has 11 heavy (non-hydrogen) atoms. The Morgan fingerprint density at radius 1 is 1.09 bits per heavy atom. The van der Waals surface area contributed by atoms with Crippen LogP contribution in [-0.4, -0.2) is 0 Å². The third-order valence-corrected chi connectivity index (χ3v) is 3.23. The summed E-state index contributed by atoms with van der Waals surface area (Å²) in [6.45, 7) is 0. The van der Waals surface area contributed by atoms with E-state index in [0.29, 0.717) is 10.3 Å². The van der Waals surface area contributed by atoms with E-state index in [1.165, 1.54) is 0 Å². The van der Waals surface area contributed by atoms with E-state index in [4.69, 9.17) is 34.8 Å². The first kappa shape index (κ1) is 9.28. The Hall–Kier alpha value is 0.190. The molecule has 0 fully saturated rings. The molecule has 1 atom stereocenters. The van der Waals surface area contributed by atoms with E-state index in [0.717, 1.165) is 0 Å². The molecule has 1 unspecified atom stereocenters. The molecule has 0 aliphatic rings. The summed E-state index contributed by atoms with van der Waals surface area (Å²) in [5, 5.41) is 1.40. The van der Waals surface area contributed by atoms with Crippen molar-refractivity contribution in [2.24, 2.45) is 0 Å². The predicted molar refractivity (Wildman–Crippen MR) is 50.1 cm³/mol. The Labute approximate surface area is 80.5 Å². The molecule has 0 spiro atoms. The fraction of sp³-hybridized carbons (Fsp3) is 0. The maximum absolute atomic E-state index is 10.5. The molecule has 1 aromatic carbocycles. The van der Waals surface area contributed by atoms with Crippen molar-refractivity contribution in [3.05, 3.63) is 27.2 Å². The van der Waals surface area contributed by atoms with Gasteiger partial charge in [-0.05, 0) is 12.1 Å². The fourth-order valence-corrected chi connectivity index (χ4v) is 1.70. The molecule has 1 rings (SSSR count). The first-order valence-electron chi connectivity index (χ1n) is 2.68. The van der Waals surface area contributed by atoms with Gasteiger partial charge in [0.25, 0.3) is 0 Å². The van der Waals surface area contributed by atoms with Gasteiger partial charge in [0.1, 0.15) is 5.02 Å². The van der Waals surface area contributed by atoms with Gasteiger partial charge in [0, 0.05) is 0 Å². The summed E-state index contributed by atoms with van der Waals surface area (Å²) in [4.78, 5) is 0. The molecule has 0 aliphatic carbocycles. The van der Waals surface area contributed by atoms with Crippen LogP contribution in [0.15, 0.2) is 12.1 Å². The van der Waals surface area contributed by atoms with E-state index in [2.05, 4.69) is 0 Å². The number of halogens is 3. The van der Waals surface area contributed by atoms with E-state index in [1.807, 2.05) is 0 Å². The molecule has 0 bridgehead atoms. The summed E-state index contributed by atoms with van der Waals surface area (Å²) in [5.74, 6) is 0. The smallest absolute Gasteiger partial charge is 0.0826 e. The molecule has 0 saturated carbocycles. The summed E-state index contributed by atoms with van der Waals surface area (Å²) in [7, 11) is -0.603. The molecule has 0 aromatic heterocycles. The molecule has 1 nitrogen and oxygen atoms in total. The average molecular weight is 228 g/mol. The van der Waals surface area contributed by atoms with Crippen molar-refractivity contribution < 1.29 is 4.57 Å². The molecular weight excluding hydrogens is 225 g/mol. The van der Waals surface area contributed by atoms with Crippen molar-refractivity contribution in [1.82, 2.24) is 0 Å². The number of hydrogen-bond donors (Lipinski definition) is 0. The van der Waals surface area contributed by atoms with E-state index in [-0.39, 0.29) is 10.0 Å². The number of benzene rings is 1. The van der Waals surface area contributed by atoms with Crippen LogP contribution in [0.25, 0.3) is 0 Å². The van der Waals surface area contributed by atoms with Crippen LogP contribution in [0.1, 0.15) is 0 Å². The highest BCUT2D eigenvalue weighted by Gasteiger charge is 2.12. The quantitative estimate of drug-likeness (QED) is 0.532. The lowest BCUT2D eigenvalue weighted by Gasteiger charge is -1.95. The Balaban J connectivity index is 3.36. The monoisotopic (exact) mass is 227 g/mol. The standard InChI is InChI=1S/C6H2Cl3OP/c7-3-1-2-4(11-10)6(9)5(3)8/h1-2H/p+1. The maximum Gasteiger partial charge on any atom is 0.364 e. The lowest BCUT2D eigenvalue weighted by atomic mass is 10.4. The van der Waals surface area contributed by atoms with Gasteiger partial charge < -0.3 is 0 Å². The third kappa shape index (κ3) is 1.86. The van der Waals surface area contributed by atoms with Gasteiger partial charge in [0.05, 0.1) is 10.0 Å². The second-order valence-corrected chi connectivity index (χ2v) is 3.73. The van der Waals surface area contributed by atoms with Crippen molar-refractivity contribution >= 4 is 48.6 Å². The maximum atomic E-state index is 10.5. The first-order chi connectivity index (χ1) is 5.16. The van der Waals surface area contributed by atoms with Crippen LogP contribution >= 0.6 is 43.3 Å². The molecule has 58 valence electrons. The van der Waals surface area contributed by atoms with Crippen LogP contribution in [0.3, 0.4) is 0 Å². The first-order valence-corrected chi connectivity index (χ1v) is 4.72. The minimum absolute atomic E-state index is 0.259. The van der Waals surface area contributed by atoms with Crippen LogP contribution in [0.4, 0.5) is 0 Å². The molecule has 0 N–H and O–H groups in total. The molecule has 0 amide bonds. The molecule has 5 heteroatoms. The van der Waals surface area contributed by atoms with Crippen LogP contribution in [0, 0.1) is 0 Å². The molecular formula is C6H3Cl3OP+. The van der Waals surface area contributed by atoms with Gasteiger partial charge in [-0.25, -0.2) is 0 Å². The van der Waals surface area contributed by atoms with Crippen molar-refractivity contribution in [3.8, 4) is 0 Å². The van der Waals surface area contributed by atoms with Crippen molar-refractivity contribution in [1.29, 1.82) is 0 Å². The molecule has 0 heterocycles. The number of hydrogen-bond acceptors (Lipinski definition) is 1. The lowest BCUT2D eigenvalue weighted by Crippen LogP contribution is -1.93. The summed E-state index contributed by atoms with van der Waals surface area (Å²) < 4.78 is 10.5. The zero-order valence-electron chi connectivity index (χ0n) is 5.20. The average Bonchev–Trinajstić information content (AvgIpc) is 2.01. The normalized spacial score (nSPS) is 10.5. The van der Waals surface area contributed by atoms with Crippen molar-refractivity contribution in [2.75, 3.05) is 0 Å². The largest absolute Gasteiger partial charge is 0.364 e.